The van der Waals surface area contributed by atoms with Crippen LogP contribution in [0, 0.1) is 13.8 Å². The van der Waals surface area contributed by atoms with Gasteiger partial charge in [-0.2, -0.15) is 5.10 Å². The number of ether oxygens (including phenoxy) is 3. The minimum Gasteiger partial charge on any atom is -0.454 e. The molecule has 0 bridgehead atoms. The molecule has 0 saturated carbocycles. The fourth-order valence-corrected chi connectivity index (χ4v) is 4.28. The van der Waals surface area contributed by atoms with E-state index in [1.54, 1.807) is 7.05 Å². The van der Waals surface area contributed by atoms with E-state index in [2.05, 4.69) is 39.8 Å². The summed E-state index contributed by atoms with van der Waals surface area (Å²) < 4.78 is 18.7. The normalized spacial score (nSPS) is 17.8. The summed E-state index contributed by atoms with van der Waals surface area (Å²) in [5.41, 5.74) is 4.61. The van der Waals surface area contributed by atoms with Crippen LogP contribution in [-0.4, -0.2) is 49.3 Å². The zero-order valence-corrected chi connectivity index (χ0v) is 18.2. The second kappa shape index (κ2) is 8.55. The third-order valence-corrected chi connectivity index (χ3v) is 6.34. The lowest BCUT2D eigenvalue weighted by molar-refractivity contribution is 0.0513. The van der Waals surface area contributed by atoms with Crippen LogP contribution < -0.4 is 20.1 Å². The molecule has 1 aromatic carbocycles. The van der Waals surface area contributed by atoms with E-state index < -0.39 is 0 Å². The molecule has 162 valence electrons. The predicted molar refractivity (Wildman–Crippen MR) is 115 cm³/mol. The molecule has 0 amide bonds. The van der Waals surface area contributed by atoms with Gasteiger partial charge in [-0.3, -0.25) is 9.67 Å². The quantitative estimate of drug-likeness (QED) is 0.578. The van der Waals surface area contributed by atoms with Crippen LogP contribution in [0.2, 0.25) is 0 Å². The van der Waals surface area contributed by atoms with Crippen molar-refractivity contribution in [3.8, 4) is 11.5 Å². The standard InChI is InChI=1S/C22H31N5O3/c1-15-18(16(2)27(4)26-15)12-24-21(23-3)25-13-22(7-9-28-10-8-22)17-5-6-19-20(11-17)30-14-29-19/h5-6,11H,7-10,12-14H2,1-4H3,(H2,23,24,25). The van der Waals surface area contributed by atoms with Crippen molar-refractivity contribution in [2.45, 2.75) is 38.6 Å². The second-order valence-electron chi connectivity index (χ2n) is 8.01. The summed E-state index contributed by atoms with van der Waals surface area (Å²) in [4.78, 5) is 4.43. The van der Waals surface area contributed by atoms with Gasteiger partial charge in [0, 0.05) is 57.1 Å². The van der Waals surface area contributed by atoms with Crippen LogP contribution in [0.15, 0.2) is 23.2 Å². The van der Waals surface area contributed by atoms with Gasteiger partial charge in [-0.25, -0.2) is 0 Å². The maximum atomic E-state index is 5.67. The molecule has 0 spiro atoms. The molecule has 2 N–H and O–H groups in total. The number of rotatable bonds is 5. The average molecular weight is 414 g/mol. The number of fused-ring (bicyclic) bond motifs is 1. The second-order valence-corrected chi connectivity index (χ2v) is 8.01. The Labute approximate surface area is 177 Å². The van der Waals surface area contributed by atoms with E-state index >= 15 is 0 Å². The highest BCUT2D eigenvalue weighted by molar-refractivity contribution is 5.79. The molecule has 0 aliphatic carbocycles. The van der Waals surface area contributed by atoms with Crippen molar-refractivity contribution < 1.29 is 14.2 Å². The van der Waals surface area contributed by atoms with Crippen molar-refractivity contribution in [1.29, 1.82) is 0 Å². The summed E-state index contributed by atoms with van der Waals surface area (Å²) in [6, 6.07) is 6.28. The minimum atomic E-state index is -0.0447. The first-order valence-corrected chi connectivity index (χ1v) is 10.4. The number of aliphatic imine (C=N–C) groups is 1. The highest BCUT2D eigenvalue weighted by Crippen LogP contribution is 2.40. The smallest absolute Gasteiger partial charge is 0.231 e. The maximum Gasteiger partial charge on any atom is 0.231 e. The van der Waals surface area contributed by atoms with Gasteiger partial charge >= 0.3 is 0 Å². The zero-order chi connectivity index (χ0) is 21.1. The van der Waals surface area contributed by atoms with Crippen molar-refractivity contribution in [3.63, 3.8) is 0 Å². The molecular weight excluding hydrogens is 382 g/mol. The molecule has 1 saturated heterocycles. The molecule has 3 heterocycles. The van der Waals surface area contributed by atoms with E-state index in [0.717, 1.165) is 61.4 Å². The minimum absolute atomic E-state index is 0.0447. The van der Waals surface area contributed by atoms with Crippen molar-refractivity contribution >= 4 is 5.96 Å². The Morgan fingerprint density at radius 3 is 2.63 bits per heavy atom. The molecule has 8 nitrogen and oxygen atoms in total. The van der Waals surface area contributed by atoms with Gasteiger partial charge in [0.1, 0.15) is 0 Å². The number of guanidine groups is 1. The van der Waals surface area contributed by atoms with Gasteiger partial charge in [-0.1, -0.05) is 6.07 Å². The van der Waals surface area contributed by atoms with Gasteiger partial charge in [0.05, 0.1) is 5.69 Å². The topological polar surface area (TPSA) is 81.9 Å². The molecule has 0 unspecified atom stereocenters. The summed E-state index contributed by atoms with van der Waals surface area (Å²) in [5.74, 6) is 2.42. The Morgan fingerprint density at radius 1 is 1.17 bits per heavy atom. The summed E-state index contributed by atoms with van der Waals surface area (Å²) in [7, 11) is 3.77. The van der Waals surface area contributed by atoms with Gasteiger partial charge in [-0.05, 0) is 44.4 Å². The lowest BCUT2D eigenvalue weighted by atomic mass is 9.74. The number of hydrogen-bond donors (Lipinski definition) is 2. The van der Waals surface area contributed by atoms with E-state index in [9.17, 15) is 0 Å². The van der Waals surface area contributed by atoms with Crippen LogP contribution in [0.1, 0.15) is 35.4 Å². The molecule has 0 radical (unpaired) electrons. The Kier molecular flexibility index (Phi) is 5.85. The monoisotopic (exact) mass is 413 g/mol. The van der Waals surface area contributed by atoms with Gasteiger partial charge in [0.25, 0.3) is 0 Å². The van der Waals surface area contributed by atoms with Gasteiger partial charge in [0.2, 0.25) is 6.79 Å². The number of aromatic nitrogens is 2. The van der Waals surface area contributed by atoms with E-state index in [4.69, 9.17) is 14.2 Å². The third kappa shape index (κ3) is 3.96. The van der Waals surface area contributed by atoms with Gasteiger partial charge in [-0.15, -0.1) is 0 Å². The largest absolute Gasteiger partial charge is 0.454 e. The molecule has 8 heteroatoms. The molecule has 2 aromatic rings. The Morgan fingerprint density at radius 2 is 1.93 bits per heavy atom. The van der Waals surface area contributed by atoms with Crippen LogP contribution in [0.3, 0.4) is 0 Å². The summed E-state index contributed by atoms with van der Waals surface area (Å²) >= 11 is 0. The molecule has 1 aromatic heterocycles. The molecule has 2 aliphatic rings. The van der Waals surface area contributed by atoms with Crippen molar-refractivity contribution in [1.82, 2.24) is 20.4 Å². The van der Waals surface area contributed by atoms with Crippen LogP contribution >= 0.6 is 0 Å². The zero-order valence-electron chi connectivity index (χ0n) is 18.2. The SMILES string of the molecule is CN=C(NCc1c(C)nn(C)c1C)NCC1(c2ccc3c(c2)OCO3)CCOCC1. The molecule has 0 atom stereocenters. The highest BCUT2D eigenvalue weighted by Gasteiger charge is 2.36. The predicted octanol–water partition coefficient (Wildman–Crippen LogP) is 2.18. The molecule has 2 aliphatic heterocycles. The molecular formula is C22H31N5O3. The van der Waals surface area contributed by atoms with Crippen LogP contribution in [0.25, 0.3) is 0 Å². The lowest BCUT2D eigenvalue weighted by Gasteiger charge is -2.38. The summed E-state index contributed by atoms with van der Waals surface area (Å²) in [5, 5.41) is 11.5. The highest BCUT2D eigenvalue weighted by atomic mass is 16.7. The first-order valence-electron chi connectivity index (χ1n) is 10.4. The summed E-state index contributed by atoms with van der Waals surface area (Å²) in [6.07, 6.45) is 1.88. The van der Waals surface area contributed by atoms with E-state index in [1.165, 1.54) is 11.1 Å². The number of nitrogens with zero attached hydrogens (tertiary/aromatic N) is 3. The maximum absolute atomic E-state index is 5.67. The number of aryl methyl sites for hydroxylation is 2. The first kappa shape index (κ1) is 20.5. The summed E-state index contributed by atoms with van der Waals surface area (Å²) in [6.45, 7) is 7.36. The Bertz CT molecular complexity index is 931. The number of hydrogen-bond acceptors (Lipinski definition) is 5. The van der Waals surface area contributed by atoms with E-state index in [1.807, 2.05) is 24.7 Å². The fraction of sp³-hybridized carbons (Fsp3) is 0.545. The van der Waals surface area contributed by atoms with E-state index in [0.29, 0.717) is 6.54 Å². The van der Waals surface area contributed by atoms with Crippen molar-refractivity contribution in [2.75, 3.05) is 33.6 Å². The molecule has 4 rings (SSSR count). The Balaban J connectivity index is 1.46. The van der Waals surface area contributed by atoms with Gasteiger partial charge < -0.3 is 24.8 Å². The van der Waals surface area contributed by atoms with Crippen LogP contribution in [-0.2, 0) is 23.7 Å². The van der Waals surface area contributed by atoms with Crippen LogP contribution in [0.5, 0.6) is 11.5 Å². The lowest BCUT2D eigenvalue weighted by Crippen LogP contribution is -2.48. The molecule has 1 fully saturated rings. The third-order valence-electron chi connectivity index (χ3n) is 6.34. The van der Waals surface area contributed by atoms with Gasteiger partial charge in [0.15, 0.2) is 17.5 Å². The fourth-order valence-electron chi connectivity index (χ4n) is 4.28. The van der Waals surface area contributed by atoms with E-state index in [-0.39, 0.29) is 12.2 Å². The van der Waals surface area contributed by atoms with Crippen molar-refractivity contribution in [3.05, 3.63) is 40.7 Å². The average Bonchev–Trinajstić information content (AvgIpc) is 3.33. The van der Waals surface area contributed by atoms with Crippen LogP contribution in [0.4, 0.5) is 0 Å². The number of nitrogens with one attached hydrogen (secondary N) is 2. The number of benzene rings is 1. The first-order chi connectivity index (χ1) is 14.5. The van der Waals surface area contributed by atoms with Crippen molar-refractivity contribution in [2.24, 2.45) is 12.0 Å². The molecule has 30 heavy (non-hydrogen) atoms. The Hall–Kier alpha value is -2.74.